The van der Waals surface area contributed by atoms with Gasteiger partial charge in [0, 0.05) is 19.4 Å². The fourth-order valence-corrected chi connectivity index (χ4v) is 2.36. The number of benzene rings is 2. The molecule has 3 rings (SSSR count). The fourth-order valence-electron chi connectivity index (χ4n) is 2.36. The second-order valence-corrected chi connectivity index (χ2v) is 4.97. The summed E-state index contributed by atoms with van der Waals surface area (Å²) in [5, 5.41) is 0. The van der Waals surface area contributed by atoms with Crippen LogP contribution in [0.1, 0.15) is 5.56 Å². The molecule has 0 aliphatic heterocycles. The molecule has 4 heteroatoms. The summed E-state index contributed by atoms with van der Waals surface area (Å²) in [4.78, 5) is 4.40. The summed E-state index contributed by atoms with van der Waals surface area (Å²) < 4.78 is 13.5. The van der Waals surface area contributed by atoms with Crippen LogP contribution in [0.4, 0.5) is 0 Å². The van der Waals surface area contributed by atoms with E-state index in [0.29, 0.717) is 18.1 Å². The van der Waals surface area contributed by atoms with Crippen LogP contribution in [0, 0.1) is 0 Å². The van der Waals surface area contributed by atoms with Crippen LogP contribution in [0.5, 0.6) is 11.5 Å². The summed E-state index contributed by atoms with van der Waals surface area (Å²) in [7, 11) is 3.61. The number of aromatic nitrogens is 2. The van der Waals surface area contributed by atoms with Gasteiger partial charge in [0.15, 0.2) is 11.5 Å². The van der Waals surface area contributed by atoms with Gasteiger partial charge in [0.05, 0.1) is 12.7 Å². The molecule has 0 unspecified atom stereocenters. The largest absolute Gasteiger partial charge is 0.493 e. The molecule has 1 aromatic heterocycles. The Morgan fingerprint density at radius 1 is 1.05 bits per heavy atom. The lowest BCUT2D eigenvalue weighted by Crippen LogP contribution is -2.01. The van der Waals surface area contributed by atoms with Crippen molar-refractivity contribution >= 4 is 0 Å². The molecule has 22 heavy (non-hydrogen) atoms. The van der Waals surface area contributed by atoms with Crippen molar-refractivity contribution in [1.29, 1.82) is 0 Å². The maximum Gasteiger partial charge on any atom is 0.172 e. The summed E-state index contributed by atoms with van der Waals surface area (Å²) in [5.41, 5.74) is 2.03. The second kappa shape index (κ2) is 6.35. The molecule has 3 aromatic rings. The summed E-state index contributed by atoms with van der Waals surface area (Å²) in [6.07, 6.45) is 3.69. The number of ether oxygens (including phenoxy) is 2. The molecule has 0 saturated heterocycles. The van der Waals surface area contributed by atoms with Crippen molar-refractivity contribution < 1.29 is 9.47 Å². The predicted molar refractivity (Wildman–Crippen MR) is 86.0 cm³/mol. The maximum absolute atomic E-state index is 6.05. The van der Waals surface area contributed by atoms with E-state index in [0.717, 1.165) is 17.0 Å². The highest BCUT2D eigenvalue weighted by Gasteiger charge is 2.15. The summed E-state index contributed by atoms with van der Waals surface area (Å²) in [6, 6.07) is 15.9. The molecule has 112 valence electrons. The fraction of sp³-hybridized carbons (Fsp3) is 0.167. The van der Waals surface area contributed by atoms with E-state index in [-0.39, 0.29) is 0 Å². The van der Waals surface area contributed by atoms with Gasteiger partial charge in [-0.05, 0) is 17.7 Å². The lowest BCUT2D eigenvalue weighted by Gasteiger charge is -2.15. The van der Waals surface area contributed by atoms with Crippen LogP contribution in [0.3, 0.4) is 0 Å². The highest BCUT2D eigenvalue weighted by molar-refractivity contribution is 5.69. The van der Waals surface area contributed by atoms with Gasteiger partial charge in [-0.3, -0.25) is 0 Å². The Morgan fingerprint density at radius 2 is 1.86 bits per heavy atom. The van der Waals surface area contributed by atoms with E-state index in [9.17, 15) is 0 Å². The normalized spacial score (nSPS) is 10.5. The number of para-hydroxylation sites is 1. The Balaban J connectivity index is 1.96. The lowest BCUT2D eigenvalue weighted by molar-refractivity contribution is 0.285. The van der Waals surface area contributed by atoms with Gasteiger partial charge in [0.1, 0.15) is 12.4 Å². The van der Waals surface area contributed by atoms with Crippen molar-refractivity contribution in [3.8, 4) is 22.9 Å². The molecule has 0 aliphatic rings. The van der Waals surface area contributed by atoms with E-state index >= 15 is 0 Å². The van der Waals surface area contributed by atoms with E-state index in [2.05, 4.69) is 4.98 Å². The third-order valence-corrected chi connectivity index (χ3v) is 3.49. The lowest BCUT2D eigenvalue weighted by atomic mass is 10.1. The minimum absolute atomic E-state index is 0.485. The molecule has 0 atom stereocenters. The Morgan fingerprint density at radius 3 is 2.55 bits per heavy atom. The zero-order chi connectivity index (χ0) is 15.4. The molecule has 0 radical (unpaired) electrons. The van der Waals surface area contributed by atoms with Gasteiger partial charge in [-0.1, -0.05) is 36.4 Å². The van der Waals surface area contributed by atoms with E-state index < -0.39 is 0 Å². The SMILES string of the molecule is COc1cccc(-c2nccn2C)c1OCc1ccccc1. The number of aryl methyl sites for hydroxylation is 1. The Kier molecular flexibility index (Phi) is 4.10. The van der Waals surface area contributed by atoms with Crippen LogP contribution < -0.4 is 9.47 Å². The van der Waals surface area contributed by atoms with Gasteiger partial charge in [0.25, 0.3) is 0 Å². The highest BCUT2D eigenvalue weighted by Crippen LogP contribution is 2.37. The number of hydrogen-bond acceptors (Lipinski definition) is 3. The van der Waals surface area contributed by atoms with Crippen molar-refractivity contribution in [3.05, 3.63) is 66.5 Å². The van der Waals surface area contributed by atoms with Gasteiger partial charge in [-0.2, -0.15) is 0 Å². The molecular formula is C18H18N2O2. The van der Waals surface area contributed by atoms with Gasteiger partial charge in [-0.15, -0.1) is 0 Å². The number of methoxy groups -OCH3 is 1. The van der Waals surface area contributed by atoms with Gasteiger partial charge >= 0.3 is 0 Å². The highest BCUT2D eigenvalue weighted by atomic mass is 16.5. The zero-order valence-corrected chi connectivity index (χ0v) is 12.7. The molecule has 0 saturated carbocycles. The summed E-state index contributed by atoms with van der Waals surface area (Å²) in [6.45, 7) is 0.485. The smallest absolute Gasteiger partial charge is 0.172 e. The molecule has 0 fully saturated rings. The number of imidazole rings is 1. The average molecular weight is 294 g/mol. The first-order chi connectivity index (χ1) is 10.8. The Labute approximate surface area is 130 Å². The molecular weight excluding hydrogens is 276 g/mol. The second-order valence-electron chi connectivity index (χ2n) is 4.97. The third-order valence-electron chi connectivity index (χ3n) is 3.49. The Hall–Kier alpha value is -2.75. The molecule has 0 spiro atoms. The molecule has 0 bridgehead atoms. The minimum Gasteiger partial charge on any atom is -0.493 e. The van der Waals surface area contributed by atoms with Crippen molar-refractivity contribution in [3.63, 3.8) is 0 Å². The summed E-state index contributed by atoms with van der Waals surface area (Å²) >= 11 is 0. The first kappa shape index (κ1) is 14.2. The molecule has 2 aromatic carbocycles. The monoisotopic (exact) mass is 294 g/mol. The molecule has 1 heterocycles. The van der Waals surface area contributed by atoms with E-state index in [4.69, 9.17) is 9.47 Å². The van der Waals surface area contributed by atoms with Crippen molar-refractivity contribution in [2.75, 3.05) is 7.11 Å². The van der Waals surface area contributed by atoms with Crippen LogP contribution in [-0.4, -0.2) is 16.7 Å². The van der Waals surface area contributed by atoms with Crippen LogP contribution in [-0.2, 0) is 13.7 Å². The van der Waals surface area contributed by atoms with Crippen LogP contribution in [0.25, 0.3) is 11.4 Å². The Bertz CT molecular complexity index is 751. The molecule has 0 amide bonds. The van der Waals surface area contributed by atoms with Gasteiger partial charge in [0.2, 0.25) is 0 Å². The topological polar surface area (TPSA) is 36.3 Å². The molecule has 0 aliphatic carbocycles. The van der Waals surface area contributed by atoms with Crippen LogP contribution >= 0.6 is 0 Å². The minimum atomic E-state index is 0.485. The molecule has 0 N–H and O–H groups in total. The van der Waals surface area contributed by atoms with Crippen molar-refractivity contribution in [2.24, 2.45) is 7.05 Å². The quantitative estimate of drug-likeness (QED) is 0.720. The number of nitrogens with zero attached hydrogens (tertiary/aromatic N) is 2. The maximum atomic E-state index is 6.05. The third kappa shape index (κ3) is 2.81. The standard InChI is InChI=1S/C18H18N2O2/c1-20-12-11-19-18(20)15-9-6-10-16(21-2)17(15)22-13-14-7-4-3-5-8-14/h3-12H,13H2,1-2H3. The van der Waals surface area contributed by atoms with Crippen LogP contribution in [0.15, 0.2) is 60.9 Å². The van der Waals surface area contributed by atoms with Crippen LogP contribution in [0.2, 0.25) is 0 Å². The average Bonchev–Trinajstić information content (AvgIpc) is 2.99. The van der Waals surface area contributed by atoms with Crippen molar-refractivity contribution in [1.82, 2.24) is 9.55 Å². The van der Waals surface area contributed by atoms with E-state index in [1.165, 1.54) is 0 Å². The number of rotatable bonds is 5. The van der Waals surface area contributed by atoms with E-state index in [1.54, 1.807) is 13.3 Å². The number of hydrogen-bond donors (Lipinski definition) is 0. The van der Waals surface area contributed by atoms with Gasteiger partial charge in [-0.25, -0.2) is 4.98 Å². The first-order valence-electron chi connectivity index (χ1n) is 7.11. The van der Waals surface area contributed by atoms with E-state index in [1.807, 2.05) is 66.3 Å². The summed E-state index contributed by atoms with van der Waals surface area (Å²) in [5.74, 6) is 2.27. The molecule has 4 nitrogen and oxygen atoms in total. The van der Waals surface area contributed by atoms with Crippen molar-refractivity contribution in [2.45, 2.75) is 6.61 Å². The zero-order valence-electron chi connectivity index (χ0n) is 12.7. The predicted octanol–water partition coefficient (Wildman–Crippen LogP) is 3.67. The first-order valence-corrected chi connectivity index (χ1v) is 7.11. The van der Waals surface area contributed by atoms with Gasteiger partial charge < -0.3 is 14.0 Å².